The van der Waals surface area contributed by atoms with Crippen LogP contribution in [0.4, 0.5) is 24.5 Å². The lowest BCUT2D eigenvalue weighted by Crippen LogP contribution is -2.18. The van der Waals surface area contributed by atoms with Crippen LogP contribution in [0.25, 0.3) is 0 Å². The van der Waals surface area contributed by atoms with Crippen LogP contribution in [0.5, 0.6) is 0 Å². The molecule has 8 heteroatoms. The summed E-state index contributed by atoms with van der Waals surface area (Å²) in [6, 6.07) is 3.14. The van der Waals surface area contributed by atoms with Gasteiger partial charge in [0.05, 0.1) is 16.6 Å². The van der Waals surface area contributed by atoms with Gasteiger partial charge in [0.25, 0.3) is 0 Å². The number of carbonyl (C=O) groups is 2. The maximum atomic E-state index is 12.8. The van der Waals surface area contributed by atoms with E-state index in [-0.39, 0.29) is 16.7 Å². The first-order valence-corrected chi connectivity index (χ1v) is 6.21. The lowest BCUT2D eigenvalue weighted by atomic mass is 10.1. The van der Waals surface area contributed by atoms with Gasteiger partial charge in [-0.3, -0.25) is 9.59 Å². The Hall–Kier alpha value is -1.57. The Bertz CT molecular complexity index is 503. The molecule has 0 saturated carbocycles. The van der Waals surface area contributed by atoms with Crippen molar-refractivity contribution in [1.29, 1.82) is 0 Å². The predicted molar refractivity (Wildman–Crippen MR) is 68.2 cm³/mol. The van der Waals surface area contributed by atoms with E-state index in [1.165, 1.54) is 13.0 Å². The van der Waals surface area contributed by atoms with E-state index in [1.807, 2.05) is 0 Å². The van der Waals surface area contributed by atoms with Crippen LogP contribution >= 0.6 is 15.9 Å². The second-order valence-corrected chi connectivity index (χ2v) is 4.18. The van der Waals surface area contributed by atoms with Crippen molar-refractivity contribution in [3.05, 3.63) is 23.8 Å². The molecule has 0 aromatic heterocycles. The molecule has 19 heavy (non-hydrogen) atoms. The molecule has 0 atom stereocenters. The van der Waals surface area contributed by atoms with Crippen LogP contribution in [0.3, 0.4) is 0 Å². The van der Waals surface area contributed by atoms with E-state index in [1.54, 1.807) is 0 Å². The van der Waals surface area contributed by atoms with E-state index in [0.717, 1.165) is 12.1 Å². The number of rotatable bonds is 3. The zero-order valence-corrected chi connectivity index (χ0v) is 11.4. The Kier molecular flexibility index (Phi) is 4.93. The molecule has 0 aliphatic heterocycles. The van der Waals surface area contributed by atoms with Gasteiger partial charge in [0.15, 0.2) is 0 Å². The minimum absolute atomic E-state index is 0.0108. The first-order valence-electron chi connectivity index (χ1n) is 5.08. The summed E-state index contributed by atoms with van der Waals surface area (Å²) in [6.07, 6.45) is -4.64. The molecule has 1 rings (SSSR count). The fourth-order valence-electron chi connectivity index (χ4n) is 1.35. The largest absolute Gasteiger partial charge is 0.418 e. The minimum atomic E-state index is -4.64. The molecule has 0 spiro atoms. The third-order valence-electron chi connectivity index (χ3n) is 2.04. The van der Waals surface area contributed by atoms with Crippen LogP contribution in [-0.2, 0) is 15.8 Å². The van der Waals surface area contributed by atoms with Crippen LogP contribution < -0.4 is 10.6 Å². The number of nitrogens with one attached hydrogen (secondary N) is 2. The summed E-state index contributed by atoms with van der Waals surface area (Å²) in [5.74, 6) is -1.08. The van der Waals surface area contributed by atoms with E-state index in [2.05, 4.69) is 26.6 Å². The summed E-state index contributed by atoms with van der Waals surface area (Å²) < 4.78 is 38.5. The molecule has 0 saturated heterocycles. The van der Waals surface area contributed by atoms with Crippen molar-refractivity contribution >= 4 is 39.1 Å². The number of hydrogen-bond donors (Lipinski definition) is 2. The Balaban J connectivity index is 3.17. The Morgan fingerprint density at radius 2 is 1.89 bits per heavy atom. The van der Waals surface area contributed by atoms with E-state index in [0.29, 0.717) is 0 Å². The van der Waals surface area contributed by atoms with Gasteiger partial charge in [-0.25, -0.2) is 0 Å². The summed E-state index contributed by atoms with van der Waals surface area (Å²) in [5.41, 5.74) is -1.37. The molecule has 0 aliphatic rings. The van der Waals surface area contributed by atoms with Gasteiger partial charge in [-0.15, -0.1) is 0 Å². The van der Waals surface area contributed by atoms with Crippen LogP contribution in [0.2, 0.25) is 0 Å². The maximum Gasteiger partial charge on any atom is 0.418 e. The monoisotopic (exact) mass is 338 g/mol. The lowest BCUT2D eigenvalue weighted by Gasteiger charge is -2.15. The molecule has 2 N–H and O–H groups in total. The highest BCUT2D eigenvalue weighted by Crippen LogP contribution is 2.36. The van der Waals surface area contributed by atoms with Gasteiger partial charge in [0, 0.05) is 12.6 Å². The normalized spacial score (nSPS) is 11.0. The third kappa shape index (κ3) is 4.55. The molecule has 1 aromatic rings. The molecule has 104 valence electrons. The van der Waals surface area contributed by atoms with Gasteiger partial charge in [0.2, 0.25) is 11.8 Å². The zero-order valence-electron chi connectivity index (χ0n) is 9.77. The molecule has 0 fully saturated rings. The number of halogens is 4. The van der Waals surface area contributed by atoms with Crippen molar-refractivity contribution in [3.63, 3.8) is 0 Å². The summed E-state index contributed by atoms with van der Waals surface area (Å²) in [7, 11) is 0. The van der Waals surface area contributed by atoms with Crippen LogP contribution in [-0.4, -0.2) is 17.1 Å². The Morgan fingerprint density at radius 3 is 2.37 bits per heavy atom. The standard InChI is InChI=1S/C11H10BrF3N2O2/c1-6(18)16-7-2-3-9(17-10(19)5-12)8(4-7)11(13,14)15/h2-4H,5H2,1H3,(H,16,18)(H,17,19). The van der Waals surface area contributed by atoms with E-state index < -0.39 is 23.6 Å². The first-order chi connectivity index (χ1) is 8.74. The summed E-state index contributed by atoms with van der Waals surface area (Å²) in [4.78, 5) is 21.9. The average molecular weight is 339 g/mol. The number of benzene rings is 1. The highest BCUT2D eigenvalue weighted by Gasteiger charge is 2.34. The Labute approximate surface area is 115 Å². The third-order valence-corrected chi connectivity index (χ3v) is 2.55. The van der Waals surface area contributed by atoms with Gasteiger partial charge in [-0.2, -0.15) is 13.2 Å². The molecule has 0 heterocycles. The highest BCUT2D eigenvalue weighted by atomic mass is 79.9. The number of carbonyl (C=O) groups excluding carboxylic acids is 2. The average Bonchev–Trinajstić information content (AvgIpc) is 2.28. The van der Waals surface area contributed by atoms with Gasteiger partial charge in [-0.05, 0) is 18.2 Å². The molecule has 0 bridgehead atoms. The maximum absolute atomic E-state index is 12.8. The second kappa shape index (κ2) is 6.05. The number of hydrogen-bond acceptors (Lipinski definition) is 2. The predicted octanol–water partition coefficient (Wildman–Crippen LogP) is 3.00. The van der Waals surface area contributed by atoms with E-state index in [9.17, 15) is 22.8 Å². The highest BCUT2D eigenvalue weighted by molar-refractivity contribution is 9.09. The van der Waals surface area contributed by atoms with Crippen molar-refractivity contribution in [2.24, 2.45) is 0 Å². The van der Waals surface area contributed by atoms with Crippen molar-refractivity contribution in [1.82, 2.24) is 0 Å². The first kappa shape index (κ1) is 15.5. The molecule has 0 aliphatic carbocycles. The second-order valence-electron chi connectivity index (χ2n) is 3.62. The fourth-order valence-corrected chi connectivity index (χ4v) is 1.49. The van der Waals surface area contributed by atoms with Gasteiger partial charge < -0.3 is 10.6 Å². The van der Waals surface area contributed by atoms with Crippen molar-refractivity contribution < 1.29 is 22.8 Å². The van der Waals surface area contributed by atoms with E-state index in [4.69, 9.17) is 0 Å². The molecule has 1 aromatic carbocycles. The van der Waals surface area contributed by atoms with Gasteiger partial charge >= 0.3 is 6.18 Å². The minimum Gasteiger partial charge on any atom is -0.326 e. The molecule has 4 nitrogen and oxygen atoms in total. The fraction of sp³-hybridized carbons (Fsp3) is 0.273. The Morgan fingerprint density at radius 1 is 1.26 bits per heavy atom. The van der Waals surface area contributed by atoms with E-state index >= 15 is 0 Å². The SMILES string of the molecule is CC(=O)Nc1ccc(NC(=O)CBr)c(C(F)(F)F)c1. The topological polar surface area (TPSA) is 58.2 Å². The molecular weight excluding hydrogens is 329 g/mol. The van der Waals surface area contributed by atoms with Crippen molar-refractivity contribution in [2.75, 3.05) is 16.0 Å². The molecule has 0 radical (unpaired) electrons. The van der Waals surface area contributed by atoms with Crippen LogP contribution in [0, 0.1) is 0 Å². The van der Waals surface area contributed by atoms with Gasteiger partial charge in [0.1, 0.15) is 0 Å². The quantitative estimate of drug-likeness (QED) is 0.832. The lowest BCUT2D eigenvalue weighted by molar-refractivity contribution is -0.137. The summed E-state index contributed by atoms with van der Waals surface area (Å²) >= 11 is 2.84. The smallest absolute Gasteiger partial charge is 0.326 e. The number of alkyl halides is 4. The molecule has 0 unspecified atom stereocenters. The molecule has 2 amide bonds. The zero-order chi connectivity index (χ0) is 14.6. The number of anilines is 2. The van der Waals surface area contributed by atoms with Gasteiger partial charge in [-0.1, -0.05) is 15.9 Å². The molecular formula is C11H10BrF3N2O2. The summed E-state index contributed by atoms with van der Waals surface area (Å²) in [5, 5.41) is 4.27. The number of amides is 2. The van der Waals surface area contributed by atoms with Crippen LogP contribution in [0.1, 0.15) is 12.5 Å². The van der Waals surface area contributed by atoms with Crippen molar-refractivity contribution in [2.45, 2.75) is 13.1 Å². The van der Waals surface area contributed by atoms with Crippen molar-refractivity contribution in [3.8, 4) is 0 Å². The summed E-state index contributed by atoms with van der Waals surface area (Å²) in [6.45, 7) is 1.19. The van der Waals surface area contributed by atoms with Crippen LogP contribution in [0.15, 0.2) is 18.2 Å².